The summed E-state index contributed by atoms with van der Waals surface area (Å²) in [6.45, 7) is 2.04. The van der Waals surface area contributed by atoms with E-state index in [2.05, 4.69) is 0 Å². The van der Waals surface area contributed by atoms with Gasteiger partial charge in [-0.2, -0.15) is 0 Å². The number of methoxy groups -OCH3 is 1. The Hall–Kier alpha value is -3.90. The van der Waals surface area contributed by atoms with Crippen LogP contribution >= 0.6 is 11.3 Å². The molecule has 2 amide bonds. The maximum atomic E-state index is 13.8. The van der Waals surface area contributed by atoms with Gasteiger partial charge < -0.3 is 14.5 Å². The molecule has 1 aliphatic rings. The Labute approximate surface area is 209 Å². The average molecular weight is 483 g/mol. The molecule has 2 atom stereocenters. The summed E-state index contributed by atoms with van der Waals surface area (Å²) in [6.07, 6.45) is 0.616. The van der Waals surface area contributed by atoms with Crippen molar-refractivity contribution in [2.24, 2.45) is 0 Å². The lowest BCUT2D eigenvalue weighted by Crippen LogP contribution is -2.47. The Morgan fingerprint density at radius 3 is 2.31 bits per heavy atom. The molecule has 3 aromatic carbocycles. The highest BCUT2D eigenvalue weighted by molar-refractivity contribution is 7.12. The molecule has 0 N–H and O–H groups in total. The van der Waals surface area contributed by atoms with E-state index >= 15 is 0 Å². The fourth-order valence-corrected chi connectivity index (χ4v) is 5.41. The van der Waals surface area contributed by atoms with Crippen LogP contribution in [0.25, 0.3) is 0 Å². The number of amides is 2. The molecule has 0 saturated carbocycles. The number of hydrogen-bond donors (Lipinski definition) is 0. The molecule has 6 heteroatoms. The minimum atomic E-state index is -0.210. The quantitative estimate of drug-likeness (QED) is 0.323. The monoisotopic (exact) mass is 482 g/mol. The van der Waals surface area contributed by atoms with Gasteiger partial charge in [-0.1, -0.05) is 42.5 Å². The van der Waals surface area contributed by atoms with Gasteiger partial charge in [0.25, 0.3) is 11.8 Å². The van der Waals surface area contributed by atoms with Crippen LogP contribution in [0, 0.1) is 0 Å². The molecule has 5 rings (SSSR count). The summed E-state index contributed by atoms with van der Waals surface area (Å²) >= 11 is 1.44. The number of carbonyl (C=O) groups excluding carboxylic acids is 2. The van der Waals surface area contributed by atoms with Crippen LogP contribution in [0.15, 0.2) is 96.4 Å². The molecular formula is C29H26N2O3S. The van der Waals surface area contributed by atoms with Gasteiger partial charge in [-0.15, -0.1) is 11.3 Å². The van der Waals surface area contributed by atoms with E-state index in [4.69, 9.17) is 4.74 Å². The number of anilines is 2. The highest BCUT2D eigenvalue weighted by Crippen LogP contribution is 2.43. The first-order valence-corrected chi connectivity index (χ1v) is 12.4. The van der Waals surface area contributed by atoms with Crippen molar-refractivity contribution in [3.05, 3.63) is 112 Å². The number of nitrogens with zero attached hydrogens (tertiary/aromatic N) is 2. The van der Waals surface area contributed by atoms with E-state index in [0.717, 1.165) is 16.9 Å². The van der Waals surface area contributed by atoms with Gasteiger partial charge in [-0.3, -0.25) is 9.59 Å². The summed E-state index contributed by atoms with van der Waals surface area (Å²) in [4.78, 5) is 31.8. The molecule has 0 aliphatic carbocycles. The predicted molar refractivity (Wildman–Crippen MR) is 141 cm³/mol. The zero-order chi connectivity index (χ0) is 24.4. The molecule has 2 unspecified atom stereocenters. The van der Waals surface area contributed by atoms with Gasteiger partial charge in [-0.05, 0) is 72.8 Å². The standard InChI is InChI=1S/C29H26N2O3S/c1-20-19-26(31(22-9-4-3-5-10-22)29(33)27-13-8-18-35-27)24-11-6-7-12-25(24)30(20)28(32)21-14-16-23(34-2)17-15-21/h3-18,20,26H,19H2,1-2H3. The van der Waals surface area contributed by atoms with Crippen LogP contribution in [0.1, 0.15) is 45.0 Å². The fraction of sp³-hybridized carbons (Fsp3) is 0.172. The molecule has 4 aromatic rings. The van der Waals surface area contributed by atoms with Gasteiger partial charge in [0.1, 0.15) is 5.75 Å². The van der Waals surface area contributed by atoms with E-state index in [-0.39, 0.29) is 23.9 Å². The van der Waals surface area contributed by atoms with Crippen LogP contribution in [0.5, 0.6) is 5.75 Å². The van der Waals surface area contributed by atoms with Crippen molar-refractivity contribution in [3.8, 4) is 5.75 Å². The maximum absolute atomic E-state index is 13.8. The van der Waals surface area contributed by atoms with Gasteiger partial charge in [0.15, 0.2) is 0 Å². The first-order valence-electron chi connectivity index (χ1n) is 11.6. The van der Waals surface area contributed by atoms with Crippen molar-refractivity contribution in [2.45, 2.75) is 25.4 Å². The number of ether oxygens (including phenoxy) is 1. The summed E-state index contributed by atoms with van der Waals surface area (Å²) in [7, 11) is 1.61. The van der Waals surface area contributed by atoms with Crippen LogP contribution < -0.4 is 14.5 Å². The minimum Gasteiger partial charge on any atom is -0.497 e. The number of hydrogen-bond acceptors (Lipinski definition) is 4. The molecule has 1 aliphatic heterocycles. The number of carbonyl (C=O) groups is 2. The van der Waals surface area contributed by atoms with Crippen molar-refractivity contribution < 1.29 is 14.3 Å². The Morgan fingerprint density at radius 1 is 0.914 bits per heavy atom. The normalized spacial score (nSPS) is 16.9. The molecule has 35 heavy (non-hydrogen) atoms. The Bertz CT molecular complexity index is 1320. The van der Waals surface area contributed by atoms with Crippen molar-refractivity contribution in [3.63, 3.8) is 0 Å². The van der Waals surface area contributed by atoms with E-state index in [1.165, 1.54) is 11.3 Å². The SMILES string of the molecule is COc1ccc(C(=O)N2c3ccccc3C(N(C(=O)c3cccs3)c3ccccc3)CC2C)cc1. The molecular weight excluding hydrogens is 456 g/mol. The van der Waals surface area contributed by atoms with Gasteiger partial charge >= 0.3 is 0 Å². The number of benzene rings is 3. The highest BCUT2D eigenvalue weighted by atomic mass is 32.1. The van der Waals surface area contributed by atoms with Crippen LogP contribution in [-0.2, 0) is 0 Å². The van der Waals surface area contributed by atoms with Crippen molar-refractivity contribution >= 4 is 34.5 Å². The maximum Gasteiger partial charge on any atom is 0.268 e. The summed E-state index contributed by atoms with van der Waals surface area (Å²) in [6, 6.07) is 28.3. The first-order chi connectivity index (χ1) is 17.1. The molecule has 176 valence electrons. The lowest BCUT2D eigenvalue weighted by Gasteiger charge is -2.43. The van der Waals surface area contributed by atoms with E-state index in [1.54, 1.807) is 31.4 Å². The van der Waals surface area contributed by atoms with Crippen molar-refractivity contribution in [1.29, 1.82) is 0 Å². The third kappa shape index (κ3) is 4.33. The number of thiophene rings is 1. The largest absolute Gasteiger partial charge is 0.497 e. The fourth-order valence-electron chi connectivity index (χ4n) is 4.75. The van der Waals surface area contributed by atoms with E-state index in [1.807, 2.05) is 88.8 Å². The van der Waals surface area contributed by atoms with Crippen molar-refractivity contribution in [1.82, 2.24) is 0 Å². The summed E-state index contributed by atoms with van der Waals surface area (Å²) < 4.78 is 5.25. The van der Waals surface area contributed by atoms with Gasteiger partial charge in [0.2, 0.25) is 0 Å². The second kappa shape index (κ2) is 9.76. The zero-order valence-electron chi connectivity index (χ0n) is 19.6. The van der Waals surface area contributed by atoms with Crippen LogP contribution in [0.4, 0.5) is 11.4 Å². The van der Waals surface area contributed by atoms with Gasteiger partial charge in [-0.25, -0.2) is 0 Å². The van der Waals surface area contributed by atoms with E-state index in [0.29, 0.717) is 22.6 Å². The average Bonchev–Trinajstić information content (AvgIpc) is 3.44. The Morgan fingerprint density at radius 2 is 1.63 bits per heavy atom. The molecule has 0 saturated heterocycles. The lowest BCUT2D eigenvalue weighted by molar-refractivity contribution is 0.0967. The highest BCUT2D eigenvalue weighted by Gasteiger charge is 2.39. The van der Waals surface area contributed by atoms with E-state index < -0.39 is 0 Å². The first kappa shape index (κ1) is 22.9. The molecule has 0 fully saturated rings. The second-order valence-electron chi connectivity index (χ2n) is 8.55. The van der Waals surface area contributed by atoms with Crippen molar-refractivity contribution in [2.75, 3.05) is 16.9 Å². The molecule has 1 aromatic heterocycles. The number of fused-ring (bicyclic) bond motifs is 1. The topological polar surface area (TPSA) is 49.9 Å². The minimum absolute atomic E-state index is 0.0341. The van der Waals surface area contributed by atoms with Gasteiger partial charge in [0, 0.05) is 23.0 Å². The summed E-state index contributed by atoms with van der Waals surface area (Å²) in [5.41, 5.74) is 3.23. The lowest BCUT2D eigenvalue weighted by atomic mass is 9.89. The molecule has 5 nitrogen and oxygen atoms in total. The molecule has 2 heterocycles. The summed E-state index contributed by atoms with van der Waals surface area (Å²) in [5, 5.41) is 1.92. The third-order valence-electron chi connectivity index (χ3n) is 6.41. The van der Waals surface area contributed by atoms with Gasteiger partial charge in [0.05, 0.1) is 18.0 Å². The zero-order valence-corrected chi connectivity index (χ0v) is 20.4. The number of para-hydroxylation sites is 2. The third-order valence-corrected chi connectivity index (χ3v) is 7.27. The van der Waals surface area contributed by atoms with Crippen LogP contribution in [0.2, 0.25) is 0 Å². The predicted octanol–water partition coefficient (Wildman–Crippen LogP) is 6.58. The Kier molecular flexibility index (Phi) is 6.38. The molecule has 0 bridgehead atoms. The molecule has 0 spiro atoms. The summed E-state index contributed by atoms with van der Waals surface area (Å²) in [5.74, 6) is 0.606. The van der Waals surface area contributed by atoms with Crippen LogP contribution in [-0.4, -0.2) is 25.0 Å². The number of rotatable bonds is 5. The second-order valence-corrected chi connectivity index (χ2v) is 9.50. The van der Waals surface area contributed by atoms with Crippen LogP contribution in [0.3, 0.4) is 0 Å². The van der Waals surface area contributed by atoms with E-state index in [9.17, 15) is 9.59 Å². The smallest absolute Gasteiger partial charge is 0.268 e. The molecule has 0 radical (unpaired) electrons. The Balaban J connectivity index is 1.58.